The molecule has 0 atom stereocenters. The fourth-order valence-electron chi connectivity index (χ4n) is 1.64. The van der Waals surface area contributed by atoms with Gasteiger partial charge in [-0.25, -0.2) is 4.39 Å². The molecule has 0 aromatic heterocycles. The second-order valence-electron chi connectivity index (χ2n) is 3.42. The Morgan fingerprint density at radius 3 is 2.53 bits per heavy atom. The van der Waals surface area contributed by atoms with Crippen molar-refractivity contribution in [1.29, 1.82) is 0 Å². The van der Waals surface area contributed by atoms with E-state index in [9.17, 15) is 4.39 Å². The third-order valence-corrected chi connectivity index (χ3v) is 2.57. The van der Waals surface area contributed by atoms with Gasteiger partial charge >= 0.3 is 0 Å². The normalized spacial score (nSPS) is 10.1. The number of halogens is 1. The highest BCUT2D eigenvalue weighted by Gasteiger charge is 2.13. The summed E-state index contributed by atoms with van der Waals surface area (Å²) >= 11 is 0. The van der Waals surface area contributed by atoms with Gasteiger partial charge in [-0.1, -0.05) is 20.4 Å². The van der Waals surface area contributed by atoms with Crippen LogP contribution in [0.3, 0.4) is 0 Å². The van der Waals surface area contributed by atoms with E-state index in [1.165, 1.54) is 6.07 Å². The lowest BCUT2D eigenvalue weighted by atomic mass is 9.99. The Bertz CT molecular complexity index is 369. The van der Waals surface area contributed by atoms with Gasteiger partial charge in [0, 0.05) is 11.1 Å². The van der Waals surface area contributed by atoms with Crippen molar-refractivity contribution in [2.24, 2.45) is 0 Å². The molecule has 0 spiro atoms. The first-order valence-corrected chi connectivity index (χ1v) is 5.19. The van der Waals surface area contributed by atoms with E-state index in [-0.39, 0.29) is 5.82 Å². The lowest BCUT2D eigenvalue weighted by Gasteiger charge is -2.14. The van der Waals surface area contributed by atoms with Crippen molar-refractivity contribution < 1.29 is 9.13 Å². The Kier molecular flexibility index (Phi) is 3.89. The van der Waals surface area contributed by atoms with Crippen LogP contribution in [0.15, 0.2) is 18.7 Å². The van der Waals surface area contributed by atoms with Gasteiger partial charge in [-0.05, 0) is 30.5 Å². The Balaban J connectivity index is 3.35. The summed E-state index contributed by atoms with van der Waals surface area (Å²) in [5.74, 6) is 0.423. The van der Waals surface area contributed by atoms with E-state index < -0.39 is 0 Å². The summed E-state index contributed by atoms with van der Waals surface area (Å²) in [5, 5.41) is 0. The number of hydrogen-bond donors (Lipinski definition) is 0. The monoisotopic (exact) mass is 208 g/mol. The molecule has 0 aliphatic carbocycles. The van der Waals surface area contributed by atoms with Crippen molar-refractivity contribution in [3.63, 3.8) is 0 Å². The smallest absolute Gasteiger partial charge is 0.132 e. The van der Waals surface area contributed by atoms with Gasteiger partial charge in [0.25, 0.3) is 0 Å². The van der Waals surface area contributed by atoms with Crippen molar-refractivity contribution in [2.75, 3.05) is 7.11 Å². The van der Waals surface area contributed by atoms with Crippen LogP contribution in [0.5, 0.6) is 5.75 Å². The second-order valence-corrected chi connectivity index (χ2v) is 3.42. The molecular weight excluding hydrogens is 191 g/mol. The first-order chi connectivity index (χ1) is 7.15. The van der Waals surface area contributed by atoms with Gasteiger partial charge in [-0.15, -0.1) is 0 Å². The lowest BCUT2D eigenvalue weighted by molar-refractivity contribution is 0.403. The first kappa shape index (κ1) is 11.8. The van der Waals surface area contributed by atoms with Crippen LogP contribution in [0.2, 0.25) is 0 Å². The van der Waals surface area contributed by atoms with E-state index in [2.05, 4.69) is 6.58 Å². The molecule has 1 nitrogen and oxygen atoms in total. The minimum Gasteiger partial charge on any atom is -0.496 e. The maximum absolute atomic E-state index is 13.5. The summed E-state index contributed by atoms with van der Waals surface area (Å²) in [6, 6.07) is 3.22. The molecule has 0 radical (unpaired) electrons. The van der Waals surface area contributed by atoms with E-state index in [0.29, 0.717) is 17.7 Å². The average molecular weight is 208 g/mol. The molecule has 1 aromatic carbocycles. The van der Waals surface area contributed by atoms with Crippen molar-refractivity contribution in [3.8, 4) is 5.75 Å². The standard InChI is InChI=1S/C13H17FO/c1-5-9(3)11-7-8-12(14)10(6-2)13(11)15-4/h7-8H,3,5-6H2,1-2,4H3. The minimum atomic E-state index is -0.206. The van der Waals surface area contributed by atoms with E-state index in [0.717, 1.165) is 17.6 Å². The van der Waals surface area contributed by atoms with Gasteiger partial charge in [0.2, 0.25) is 0 Å². The van der Waals surface area contributed by atoms with Crippen molar-refractivity contribution in [2.45, 2.75) is 26.7 Å². The highest BCUT2D eigenvalue weighted by molar-refractivity contribution is 5.70. The molecular formula is C13H17FO. The largest absolute Gasteiger partial charge is 0.496 e. The van der Waals surface area contributed by atoms with Crippen LogP contribution < -0.4 is 4.74 Å². The van der Waals surface area contributed by atoms with Crippen molar-refractivity contribution in [1.82, 2.24) is 0 Å². The zero-order chi connectivity index (χ0) is 11.4. The topological polar surface area (TPSA) is 9.23 Å². The highest BCUT2D eigenvalue weighted by Crippen LogP contribution is 2.32. The fourth-order valence-corrected chi connectivity index (χ4v) is 1.64. The predicted octanol–water partition coefficient (Wildman–Crippen LogP) is 3.82. The zero-order valence-electron chi connectivity index (χ0n) is 9.56. The Hall–Kier alpha value is -1.31. The third-order valence-electron chi connectivity index (χ3n) is 2.57. The van der Waals surface area contributed by atoms with Crippen LogP contribution in [0.1, 0.15) is 31.4 Å². The molecule has 0 unspecified atom stereocenters. The molecule has 2 heteroatoms. The van der Waals surface area contributed by atoms with Crippen LogP contribution in [0.25, 0.3) is 5.57 Å². The molecule has 0 bridgehead atoms. The number of ether oxygens (including phenoxy) is 1. The Morgan fingerprint density at radius 1 is 1.40 bits per heavy atom. The highest BCUT2D eigenvalue weighted by atomic mass is 19.1. The molecule has 0 aliphatic heterocycles. The van der Waals surface area contributed by atoms with E-state index in [1.807, 2.05) is 13.8 Å². The van der Waals surface area contributed by atoms with Crippen LogP contribution in [-0.4, -0.2) is 7.11 Å². The number of methoxy groups -OCH3 is 1. The van der Waals surface area contributed by atoms with Gasteiger partial charge in [-0.2, -0.15) is 0 Å². The van der Waals surface area contributed by atoms with Gasteiger partial charge in [-0.3, -0.25) is 0 Å². The average Bonchev–Trinajstić information content (AvgIpc) is 2.27. The lowest BCUT2D eigenvalue weighted by Crippen LogP contribution is -1.99. The minimum absolute atomic E-state index is 0.206. The molecule has 15 heavy (non-hydrogen) atoms. The van der Waals surface area contributed by atoms with Crippen LogP contribution in [0.4, 0.5) is 4.39 Å². The molecule has 1 aromatic rings. The van der Waals surface area contributed by atoms with Gasteiger partial charge in [0.15, 0.2) is 0 Å². The number of rotatable bonds is 4. The molecule has 0 N–H and O–H groups in total. The summed E-state index contributed by atoms with van der Waals surface area (Å²) in [5.41, 5.74) is 2.52. The summed E-state index contributed by atoms with van der Waals surface area (Å²) in [7, 11) is 1.57. The summed E-state index contributed by atoms with van der Waals surface area (Å²) < 4.78 is 18.7. The maximum Gasteiger partial charge on any atom is 0.132 e. The maximum atomic E-state index is 13.5. The number of benzene rings is 1. The molecule has 0 saturated heterocycles. The number of allylic oxidation sites excluding steroid dienone is 1. The van der Waals surface area contributed by atoms with E-state index in [4.69, 9.17) is 4.74 Å². The molecule has 0 heterocycles. The molecule has 0 saturated carbocycles. The number of hydrogen-bond acceptors (Lipinski definition) is 1. The third kappa shape index (κ3) is 2.20. The Morgan fingerprint density at radius 2 is 2.07 bits per heavy atom. The molecule has 0 aliphatic rings. The Labute approximate surface area is 90.6 Å². The molecule has 82 valence electrons. The van der Waals surface area contributed by atoms with Crippen LogP contribution in [-0.2, 0) is 6.42 Å². The van der Waals surface area contributed by atoms with E-state index >= 15 is 0 Å². The summed E-state index contributed by atoms with van der Waals surface area (Å²) in [6.45, 7) is 7.90. The molecule has 0 fully saturated rings. The molecule has 0 amide bonds. The molecule has 1 rings (SSSR count). The van der Waals surface area contributed by atoms with Gasteiger partial charge in [0.1, 0.15) is 11.6 Å². The first-order valence-electron chi connectivity index (χ1n) is 5.19. The van der Waals surface area contributed by atoms with Crippen LogP contribution in [0, 0.1) is 5.82 Å². The van der Waals surface area contributed by atoms with Crippen molar-refractivity contribution >= 4 is 5.57 Å². The van der Waals surface area contributed by atoms with Crippen LogP contribution >= 0.6 is 0 Å². The quantitative estimate of drug-likeness (QED) is 0.731. The SMILES string of the molecule is C=C(CC)c1ccc(F)c(CC)c1OC. The van der Waals surface area contributed by atoms with Gasteiger partial charge < -0.3 is 4.74 Å². The van der Waals surface area contributed by atoms with E-state index in [1.54, 1.807) is 13.2 Å². The zero-order valence-corrected chi connectivity index (χ0v) is 9.56. The fraction of sp³-hybridized carbons (Fsp3) is 0.385. The summed E-state index contributed by atoms with van der Waals surface area (Å²) in [6.07, 6.45) is 1.46. The van der Waals surface area contributed by atoms with Crippen molar-refractivity contribution in [3.05, 3.63) is 35.7 Å². The van der Waals surface area contributed by atoms with Gasteiger partial charge in [0.05, 0.1) is 7.11 Å². The summed E-state index contributed by atoms with van der Waals surface area (Å²) in [4.78, 5) is 0. The second kappa shape index (κ2) is 4.96. The predicted molar refractivity (Wildman–Crippen MR) is 61.7 cm³/mol.